The van der Waals surface area contributed by atoms with Crippen LogP contribution in [0, 0.1) is 5.92 Å². The molecule has 1 unspecified atom stereocenters. The molecule has 2 aromatic rings. The second-order valence-electron chi connectivity index (χ2n) is 7.92. The Morgan fingerprint density at radius 2 is 1.86 bits per heavy atom. The van der Waals surface area contributed by atoms with Gasteiger partial charge in [-0.2, -0.15) is 0 Å². The second-order valence-corrected chi connectivity index (χ2v) is 8.36. The number of rotatable bonds is 5. The van der Waals surface area contributed by atoms with Crippen LogP contribution in [-0.4, -0.2) is 41.4 Å². The summed E-state index contributed by atoms with van der Waals surface area (Å²) in [5.41, 5.74) is 3.14. The fourth-order valence-corrected chi connectivity index (χ4v) is 3.89. The lowest BCUT2D eigenvalue weighted by atomic mass is 9.93. The van der Waals surface area contributed by atoms with E-state index in [1.165, 1.54) is 11.1 Å². The summed E-state index contributed by atoms with van der Waals surface area (Å²) in [5, 5.41) is 3.48. The third-order valence-electron chi connectivity index (χ3n) is 5.21. The summed E-state index contributed by atoms with van der Waals surface area (Å²) in [6.45, 7) is 7.36. The molecule has 3 amide bonds. The van der Waals surface area contributed by atoms with Crippen LogP contribution in [0.4, 0.5) is 10.5 Å². The first-order valence-corrected chi connectivity index (χ1v) is 10.4. The van der Waals surface area contributed by atoms with Gasteiger partial charge in [-0.1, -0.05) is 49.7 Å². The van der Waals surface area contributed by atoms with Crippen LogP contribution >= 0.6 is 11.6 Å². The number of hydrogen-bond donors (Lipinski definition) is 1. The monoisotopic (exact) mass is 413 g/mol. The standard InChI is InChI=1S/C23H28ClN3O2/c1-16(2)14-26(23(29)25-20-10-8-19(24)9-11-20)15-22(28)27-13-12-18-6-4-5-7-21(18)17(27)3/h4-11,16-17H,12-15H2,1-3H3,(H,25,29). The molecule has 3 rings (SSSR count). The molecule has 2 aromatic carbocycles. The van der Waals surface area contributed by atoms with E-state index in [1.807, 2.05) is 30.9 Å². The molecule has 5 nitrogen and oxygen atoms in total. The van der Waals surface area contributed by atoms with Crippen molar-refractivity contribution >= 4 is 29.2 Å². The van der Waals surface area contributed by atoms with Crippen molar-refractivity contribution < 1.29 is 9.59 Å². The van der Waals surface area contributed by atoms with Crippen molar-refractivity contribution in [2.45, 2.75) is 33.2 Å². The summed E-state index contributed by atoms with van der Waals surface area (Å²) in [4.78, 5) is 29.4. The first kappa shape index (κ1) is 21.2. The van der Waals surface area contributed by atoms with Gasteiger partial charge in [-0.05, 0) is 54.7 Å². The molecule has 0 aromatic heterocycles. The van der Waals surface area contributed by atoms with Gasteiger partial charge < -0.3 is 15.1 Å². The highest BCUT2D eigenvalue weighted by Gasteiger charge is 2.29. The topological polar surface area (TPSA) is 52.7 Å². The van der Waals surface area contributed by atoms with Crippen molar-refractivity contribution in [3.8, 4) is 0 Å². The van der Waals surface area contributed by atoms with Gasteiger partial charge >= 0.3 is 6.03 Å². The van der Waals surface area contributed by atoms with Crippen molar-refractivity contribution in [1.29, 1.82) is 0 Å². The van der Waals surface area contributed by atoms with E-state index < -0.39 is 0 Å². The number of halogens is 1. The Bertz CT molecular complexity index is 867. The quantitative estimate of drug-likeness (QED) is 0.751. The van der Waals surface area contributed by atoms with Crippen LogP contribution in [-0.2, 0) is 11.2 Å². The lowest BCUT2D eigenvalue weighted by Crippen LogP contribution is -2.48. The number of urea groups is 1. The summed E-state index contributed by atoms with van der Waals surface area (Å²) < 4.78 is 0. The largest absolute Gasteiger partial charge is 0.334 e. The minimum atomic E-state index is -0.278. The van der Waals surface area contributed by atoms with E-state index in [1.54, 1.807) is 29.2 Å². The Hall–Kier alpha value is -2.53. The summed E-state index contributed by atoms with van der Waals surface area (Å²) >= 11 is 5.91. The van der Waals surface area contributed by atoms with Crippen LogP contribution in [0.1, 0.15) is 37.9 Å². The van der Waals surface area contributed by atoms with Gasteiger partial charge in [0, 0.05) is 23.8 Å². The number of amides is 3. The summed E-state index contributed by atoms with van der Waals surface area (Å²) in [6, 6.07) is 14.9. The second kappa shape index (κ2) is 9.31. The highest BCUT2D eigenvalue weighted by molar-refractivity contribution is 6.30. The summed E-state index contributed by atoms with van der Waals surface area (Å²) in [6.07, 6.45) is 0.841. The molecular weight excluding hydrogens is 386 g/mol. The van der Waals surface area contributed by atoms with Gasteiger partial charge in [-0.25, -0.2) is 4.79 Å². The van der Waals surface area contributed by atoms with E-state index in [9.17, 15) is 9.59 Å². The molecule has 1 heterocycles. The van der Waals surface area contributed by atoms with Gasteiger partial charge in [0.15, 0.2) is 0 Å². The molecule has 0 saturated heterocycles. The first-order valence-electron chi connectivity index (χ1n) is 10.0. The molecular formula is C23H28ClN3O2. The number of benzene rings is 2. The molecule has 0 saturated carbocycles. The fraction of sp³-hybridized carbons (Fsp3) is 0.391. The Balaban J connectivity index is 1.70. The zero-order valence-electron chi connectivity index (χ0n) is 17.2. The number of anilines is 1. The number of carbonyl (C=O) groups is 2. The van der Waals surface area contributed by atoms with E-state index in [4.69, 9.17) is 11.6 Å². The Morgan fingerprint density at radius 3 is 2.55 bits per heavy atom. The van der Waals surface area contributed by atoms with Gasteiger partial charge in [0.25, 0.3) is 0 Å². The molecule has 1 atom stereocenters. The Kier molecular flexibility index (Phi) is 6.80. The van der Waals surface area contributed by atoms with Gasteiger partial charge in [0.05, 0.1) is 6.04 Å². The van der Waals surface area contributed by atoms with Crippen molar-refractivity contribution in [3.63, 3.8) is 0 Å². The van der Waals surface area contributed by atoms with Gasteiger partial charge in [-0.15, -0.1) is 0 Å². The molecule has 0 spiro atoms. The normalized spacial score (nSPS) is 15.8. The Labute approximate surface area is 177 Å². The fourth-order valence-electron chi connectivity index (χ4n) is 3.76. The predicted molar refractivity (Wildman–Crippen MR) is 117 cm³/mol. The molecule has 0 radical (unpaired) electrons. The maximum atomic E-state index is 13.1. The average molecular weight is 414 g/mol. The molecule has 1 N–H and O–H groups in total. The smallest absolute Gasteiger partial charge is 0.322 e. The molecule has 6 heteroatoms. The van der Waals surface area contributed by atoms with Crippen LogP contribution in [0.25, 0.3) is 0 Å². The first-order chi connectivity index (χ1) is 13.8. The molecule has 0 bridgehead atoms. The van der Waals surface area contributed by atoms with Crippen LogP contribution in [0.2, 0.25) is 5.02 Å². The van der Waals surface area contributed by atoms with E-state index in [2.05, 4.69) is 24.4 Å². The third kappa shape index (κ3) is 5.30. The third-order valence-corrected chi connectivity index (χ3v) is 5.46. The highest BCUT2D eigenvalue weighted by atomic mass is 35.5. The van der Waals surface area contributed by atoms with E-state index >= 15 is 0 Å². The molecule has 0 aliphatic carbocycles. The van der Waals surface area contributed by atoms with Gasteiger partial charge in [-0.3, -0.25) is 4.79 Å². The van der Waals surface area contributed by atoms with Crippen LogP contribution in [0.3, 0.4) is 0 Å². The van der Waals surface area contributed by atoms with Crippen molar-refractivity contribution in [2.24, 2.45) is 5.92 Å². The lowest BCUT2D eigenvalue weighted by Gasteiger charge is -2.37. The van der Waals surface area contributed by atoms with Crippen LogP contribution < -0.4 is 5.32 Å². The summed E-state index contributed by atoms with van der Waals surface area (Å²) in [7, 11) is 0. The van der Waals surface area contributed by atoms with E-state index in [-0.39, 0.29) is 30.4 Å². The molecule has 29 heavy (non-hydrogen) atoms. The van der Waals surface area contributed by atoms with Gasteiger partial charge in [0.1, 0.15) is 6.54 Å². The average Bonchev–Trinajstić information content (AvgIpc) is 2.69. The summed E-state index contributed by atoms with van der Waals surface area (Å²) in [5.74, 6) is 0.220. The zero-order chi connectivity index (χ0) is 21.0. The van der Waals surface area contributed by atoms with Crippen molar-refractivity contribution in [3.05, 3.63) is 64.7 Å². The maximum Gasteiger partial charge on any atom is 0.322 e. The number of nitrogens with one attached hydrogen (secondary N) is 1. The Morgan fingerprint density at radius 1 is 1.17 bits per heavy atom. The highest BCUT2D eigenvalue weighted by Crippen LogP contribution is 2.29. The molecule has 0 fully saturated rings. The van der Waals surface area contributed by atoms with Gasteiger partial charge in [0.2, 0.25) is 5.91 Å². The molecule has 154 valence electrons. The number of nitrogens with zero attached hydrogens (tertiary/aromatic N) is 2. The number of fused-ring (bicyclic) bond motifs is 1. The minimum absolute atomic E-state index is 0.00711. The molecule has 1 aliphatic rings. The minimum Gasteiger partial charge on any atom is -0.334 e. The predicted octanol–water partition coefficient (Wildman–Crippen LogP) is 4.98. The van der Waals surface area contributed by atoms with Crippen molar-refractivity contribution in [1.82, 2.24) is 9.80 Å². The lowest BCUT2D eigenvalue weighted by molar-refractivity contribution is -0.134. The molecule has 1 aliphatic heterocycles. The van der Waals surface area contributed by atoms with Crippen molar-refractivity contribution in [2.75, 3.05) is 25.0 Å². The van der Waals surface area contributed by atoms with E-state index in [0.29, 0.717) is 23.8 Å². The number of carbonyl (C=O) groups excluding carboxylic acids is 2. The maximum absolute atomic E-state index is 13.1. The van der Waals surface area contributed by atoms with Crippen LogP contribution in [0.5, 0.6) is 0 Å². The number of hydrogen-bond acceptors (Lipinski definition) is 2. The van der Waals surface area contributed by atoms with E-state index in [0.717, 1.165) is 6.42 Å². The SMILES string of the molecule is CC(C)CN(CC(=O)N1CCc2ccccc2C1C)C(=O)Nc1ccc(Cl)cc1. The zero-order valence-corrected chi connectivity index (χ0v) is 17.9. The van der Waals surface area contributed by atoms with Crippen LogP contribution in [0.15, 0.2) is 48.5 Å².